The molecule has 0 N–H and O–H groups in total. The summed E-state index contributed by atoms with van der Waals surface area (Å²) in [6, 6.07) is 16.1. The molecule has 1 unspecified atom stereocenters. The molecule has 0 aliphatic heterocycles. The molecule has 1 heterocycles. The Hall–Kier alpha value is -0.370. The minimum absolute atomic E-state index is 0. The maximum Gasteiger partial charge on any atom is 1.00 e. The smallest absolute Gasteiger partial charge is 0.355 e. The van der Waals surface area contributed by atoms with Crippen molar-refractivity contribution < 1.29 is 55.8 Å². The van der Waals surface area contributed by atoms with E-state index in [0.29, 0.717) is 0 Å². The van der Waals surface area contributed by atoms with E-state index in [-0.39, 0.29) is 30.5 Å². The average Bonchev–Trinajstić information content (AvgIpc) is 2.49. The van der Waals surface area contributed by atoms with E-state index in [2.05, 4.69) is 23.8 Å². The predicted octanol–water partition coefficient (Wildman–Crippen LogP) is -1.30. The quantitative estimate of drug-likeness (QED) is 0.351. The largest absolute Gasteiger partial charge is 1.00 e. The summed E-state index contributed by atoms with van der Waals surface area (Å²) < 4.78 is 39.5. The zero-order valence-electron chi connectivity index (χ0n) is 12.6. The zero-order chi connectivity index (χ0) is 16.8. The first-order valence-corrected chi connectivity index (χ1v) is 9.17. The number of hydrogen-bond donors (Lipinski definition) is 0. The predicted molar refractivity (Wildman–Crippen MR) is 74.8 cm³/mol. The molecule has 1 aromatic carbocycles. The SMILES string of the molecule is CCOP(C)c1ccccc1.[Au+].[O-][Cl+3]([O-])([O-])[O-].c1ccncc1. The summed E-state index contributed by atoms with van der Waals surface area (Å²) in [7, 11) is -5.32. The van der Waals surface area contributed by atoms with Crippen LogP contribution in [0.25, 0.3) is 0 Å². The molecule has 2 aromatic rings. The third-order valence-corrected chi connectivity index (χ3v) is 3.68. The second kappa shape index (κ2) is 15.2. The fourth-order valence-corrected chi connectivity index (χ4v) is 2.35. The molecule has 0 aliphatic rings. The van der Waals surface area contributed by atoms with Gasteiger partial charge < -0.3 is 4.52 Å². The number of aromatic nitrogens is 1. The van der Waals surface area contributed by atoms with E-state index in [1.165, 1.54) is 5.30 Å². The van der Waals surface area contributed by atoms with Crippen molar-refractivity contribution in [2.45, 2.75) is 6.92 Å². The number of hydrogen-bond acceptors (Lipinski definition) is 6. The third-order valence-electron chi connectivity index (χ3n) is 2.01. The minimum atomic E-state index is -4.94. The monoisotopic (exact) mass is 543 g/mol. The molecule has 0 aliphatic carbocycles. The van der Waals surface area contributed by atoms with Crippen molar-refractivity contribution in [2.75, 3.05) is 13.3 Å². The first-order valence-electron chi connectivity index (χ1n) is 6.23. The molecule has 0 fully saturated rings. The molecule has 2 rings (SSSR count). The third kappa shape index (κ3) is 19.6. The molecule has 0 spiro atoms. The molecule has 132 valence electrons. The second-order valence-corrected chi connectivity index (χ2v) is 6.18. The van der Waals surface area contributed by atoms with Gasteiger partial charge in [0.2, 0.25) is 0 Å². The van der Waals surface area contributed by atoms with Crippen molar-refractivity contribution in [1.29, 1.82) is 0 Å². The maximum atomic E-state index is 8.49. The van der Waals surface area contributed by atoms with Gasteiger partial charge >= 0.3 is 22.4 Å². The van der Waals surface area contributed by atoms with Crippen LogP contribution in [0.5, 0.6) is 0 Å². The van der Waals surface area contributed by atoms with Gasteiger partial charge in [-0.3, -0.25) is 4.98 Å². The molecule has 23 heavy (non-hydrogen) atoms. The van der Waals surface area contributed by atoms with E-state index < -0.39 is 10.2 Å². The Morgan fingerprint density at radius 3 is 1.70 bits per heavy atom. The van der Waals surface area contributed by atoms with E-state index in [9.17, 15) is 0 Å². The summed E-state index contributed by atoms with van der Waals surface area (Å²) in [6.45, 7) is 4.97. The summed E-state index contributed by atoms with van der Waals surface area (Å²) in [5.74, 6) is 0. The second-order valence-electron chi connectivity index (χ2n) is 3.65. The van der Waals surface area contributed by atoms with Crippen LogP contribution in [-0.2, 0) is 26.9 Å². The molecule has 9 heteroatoms. The van der Waals surface area contributed by atoms with Gasteiger partial charge in [0.25, 0.3) is 0 Å². The van der Waals surface area contributed by atoms with Crippen LogP contribution in [0.3, 0.4) is 0 Å². The van der Waals surface area contributed by atoms with Crippen molar-refractivity contribution >= 4 is 13.5 Å². The van der Waals surface area contributed by atoms with E-state index in [4.69, 9.17) is 23.2 Å². The molecule has 0 saturated heterocycles. The fraction of sp³-hybridized carbons (Fsp3) is 0.214. The summed E-state index contributed by atoms with van der Waals surface area (Å²) in [5.41, 5.74) is 0. The molecule has 0 bridgehead atoms. The average molecular weight is 544 g/mol. The van der Waals surface area contributed by atoms with Crippen LogP contribution in [0.1, 0.15) is 6.92 Å². The number of nitrogens with zero attached hydrogens (tertiary/aromatic N) is 1. The van der Waals surface area contributed by atoms with Crippen molar-refractivity contribution in [3.05, 3.63) is 60.9 Å². The summed E-state index contributed by atoms with van der Waals surface area (Å²) in [4.78, 5) is 3.78. The number of rotatable bonds is 3. The van der Waals surface area contributed by atoms with Crippen LogP contribution in [0.15, 0.2) is 60.9 Å². The number of pyridine rings is 1. The van der Waals surface area contributed by atoms with E-state index in [1.807, 2.05) is 43.3 Å². The van der Waals surface area contributed by atoms with Gasteiger partial charge in [0.15, 0.2) is 0 Å². The van der Waals surface area contributed by atoms with Gasteiger partial charge in [0, 0.05) is 24.3 Å². The van der Waals surface area contributed by atoms with Crippen molar-refractivity contribution in [1.82, 2.24) is 4.98 Å². The molecular formula is C14H18AuClNO5P. The Morgan fingerprint density at radius 1 is 0.957 bits per heavy atom. The van der Waals surface area contributed by atoms with Gasteiger partial charge in [-0.15, -0.1) is 10.2 Å². The Labute approximate surface area is 155 Å². The van der Waals surface area contributed by atoms with Crippen LogP contribution in [0.4, 0.5) is 0 Å². The van der Waals surface area contributed by atoms with Gasteiger partial charge in [-0.05, 0) is 25.7 Å². The van der Waals surface area contributed by atoms with Crippen LogP contribution in [0.2, 0.25) is 0 Å². The van der Waals surface area contributed by atoms with Crippen molar-refractivity contribution in [3.8, 4) is 0 Å². The van der Waals surface area contributed by atoms with Gasteiger partial charge in [0.05, 0.1) is 8.15 Å². The van der Waals surface area contributed by atoms with Crippen LogP contribution < -0.4 is 23.9 Å². The normalized spacial score (nSPS) is 10.9. The summed E-state index contributed by atoms with van der Waals surface area (Å²) in [6.07, 6.45) is 3.50. The van der Waals surface area contributed by atoms with Crippen LogP contribution in [-0.4, -0.2) is 18.3 Å². The number of halogens is 1. The Balaban J connectivity index is 0. The molecular weight excluding hydrogens is 526 g/mol. The van der Waals surface area contributed by atoms with Crippen LogP contribution in [0, 0.1) is 10.2 Å². The van der Waals surface area contributed by atoms with Crippen molar-refractivity contribution in [3.63, 3.8) is 0 Å². The minimum Gasteiger partial charge on any atom is -0.355 e. The molecule has 0 saturated carbocycles. The Bertz CT molecular complexity index is 443. The first kappa shape index (κ1) is 24.9. The Morgan fingerprint density at radius 2 is 1.39 bits per heavy atom. The number of benzene rings is 1. The molecule has 1 atom stereocenters. The first-order chi connectivity index (χ1) is 10.3. The van der Waals surface area contributed by atoms with Crippen molar-refractivity contribution in [2.24, 2.45) is 0 Å². The topological polar surface area (TPSA) is 114 Å². The maximum absolute atomic E-state index is 8.49. The fourth-order valence-electron chi connectivity index (χ4n) is 1.22. The zero-order valence-corrected chi connectivity index (χ0v) is 16.4. The summed E-state index contributed by atoms with van der Waals surface area (Å²) in [5, 5.41) is 1.31. The van der Waals surface area contributed by atoms with Crippen LogP contribution >= 0.6 is 8.15 Å². The molecule has 0 amide bonds. The van der Waals surface area contributed by atoms with E-state index in [0.717, 1.165) is 6.61 Å². The van der Waals surface area contributed by atoms with Gasteiger partial charge in [-0.25, -0.2) is 18.6 Å². The van der Waals surface area contributed by atoms with Gasteiger partial charge in [0.1, 0.15) is 0 Å². The molecule has 0 radical (unpaired) electrons. The Kier molecular flexibility index (Phi) is 16.4. The molecule has 6 nitrogen and oxygen atoms in total. The van der Waals surface area contributed by atoms with E-state index >= 15 is 0 Å². The standard InChI is InChI=1S/C9H13OP.C5H5N.Au.ClHO4/c1-3-10-11(2)9-7-5-4-6-8-9;1-2-4-6-5-3-1;;2-1(3,4)5/h4-8H,3H2,1-2H3;1-5H;;(H,2,3,4,5)/q;;+1;/p-1. The molecule has 1 aromatic heterocycles. The summed E-state index contributed by atoms with van der Waals surface area (Å²) >= 11 is 0. The van der Waals surface area contributed by atoms with Gasteiger partial charge in [-0.2, -0.15) is 0 Å². The van der Waals surface area contributed by atoms with Gasteiger partial charge in [-0.1, -0.05) is 36.4 Å². The van der Waals surface area contributed by atoms with E-state index in [1.54, 1.807) is 12.4 Å².